The standard InChI is InChI=1S/C23H26ClN7O3/c1-30-18(19(32)25-10-16-3-2-4-34-16)17(11-27-30)28-20(33)22-6-14-5-15(7-22)9-23(8-14,12-22)31-13-26-21(24)29-31/h2-4,11,13-15H,5-10,12H2,1H3,(H,25,32)(H,28,33). The minimum atomic E-state index is -0.514. The maximum Gasteiger partial charge on any atom is 0.272 e. The smallest absolute Gasteiger partial charge is 0.272 e. The van der Waals surface area contributed by atoms with Gasteiger partial charge < -0.3 is 15.1 Å². The molecule has 2 amide bonds. The summed E-state index contributed by atoms with van der Waals surface area (Å²) in [5.41, 5.74) is -0.0274. The van der Waals surface area contributed by atoms with Crippen LogP contribution in [0, 0.1) is 17.3 Å². The van der Waals surface area contributed by atoms with E-state index < -0.39 is 5.41 Å². The Kier molecular flexibility index (Phi) is 4.84. The lowest BCUT2D eigenvalue weighted by Crippen LogP contribution is -2.60. The Hall–Kier alpha value is -3.14. The van der Waals surface area contributed by atoms with Gasteiger partial charge in [-0.3, -0.25) is 14.3 Å². The van der Waals surface area contributed by atoms with Gasteiger partial charge in [0, 0.05) is 7.05 Å². The Morgan fingerprint density at radius 3 is 2.74 bits per heavy atom. The average molecular weight is 484 g/mol. The maximum atomic E-state index is 13.8. The van der Waals surface area contributed by atoms with Crippen molar-refractivity contribution in [2.24, 2.45) is 24.3 Å². The molecule has 0 saturated heterocycles. The number of nitrogens with one attached hydrogen (secondary N) is 2. The molecule has 11 heteroatoms. The summed E-state index contributed by atoms with van der Waals surface area (Å²) >= 11 is 6.04. The van der Waals surface area contributed by atoms with E-state index in [9.17, 15) is 9.59 Å². The summed E-state index contributed by atoms with van der Waals surface area (Å²) in [6.45, 7) is 0.251. The number of amides is 2. The molecule has 0 aromatic carbocycles. The molecule has 2 unspecified atom stereocenters. The molecule has 3 heterocycles. The van der Waals surface area contributed by atoms with E-state index in [-0.39, 0.29) is 29.2 Å². The summed E-state index contributed by atoms with van der Waals surface area (Å²) in [6.07, 6.45) is 10.3. The number of aromatic nitrogens is 5. The molecule has 0 aliphatic heterocycles. The predicted octanol–water partition coefficient (Wildman–Crippen LogP) is 3.12. The van der Waals surface area contributed by atoms with Crippen molar-refractivity contribution < 1.29 is 14.0 Å². The van der Waals surface area contributed by atoms with Gasteiger partial charge in [0.2, 0.25) is 11.2 Å². The van der Waals surface area contributed by atoms with E-state index in [1.807, 2.05) is 4.68 Å². The summed E-state index contributed by atoms with van der Waals surface area (Å²) in [5, 5.41) is 14.8. The van der Waals surface area contributed by atoms with Crippen molar-refractivity contribution in [3.05, 3.63) is 47.7 Å². The number of furan rings is 1. The normalized spacial score (nSPS) is 29.4. The van der Waals surface area contributed by atoms with Crippen molar-refractivity contribution in [3.63, 3.8) is 0 Å². The first kappa shape index (κ1) is 21.4. The van der Waals surface area contributed by atoms with Crippen LogP contribution in [0.25, 0.3) is 0 Å². The van der Waals surface area contributed by atoms with Crippen molar-refractivity contribution in [2.45, 2.75) is 50.6 Å². The molecule has 34 heavy (non-hydrogen) atoms. The molecule has 4 aliphatic rings. The largest absolute Gasteiger partial charge is 0.467 e. The van der Waals surface area contributed by atoms with Gasteiger partial charge in [0.05, 0.1) is 35.6 Å². The highest BCUT2D eigenvalue weighted by Gasteiger charge is 2.61. The van der Waals surface area contributed by atoms with Crippen LogP contribution < -0.4 is 10.6 Å². The Morgan fingerprint density at radius 2 is 2.06 bits per heavy atom. The molecule has 3 aromatic rings. The lowest BCUT2D eigenvalue weighted by atomic mass is 9.46. The number of anilines is 1. The second-order valence-corrected chi connectivity index (χ2v) is 10.5. The first-order chi connectivity index (χ1) is 16.4. The molecule has 2 atom stereocenters. The molecule has 7 rings (SSSR count). The van der Waals surface area contributed by atoms with Gasteiger partial charge in [-0.2, -0.15) is 5.10 Å². The molecule has 0 radical (unpaired) electrons. The van der Waals surface area contributed by atoms with E-state index in [0.29, 0.717) is 35.4 Å². The van der Waals surface area contributed by atoms with Gasteiger partial charge in [0.15, 0.2) is 0 Å². The third-order valence-corrected chi connectivity index (χ3v) is 8.04. The fourth-order valence-corrected chi connectivity index (χ4v) is 7.06. The Morgan fingerprint density at radius 1 is 1.26 bits per heavy atom. The molecule has 10 nitrogen and oxygen atoms in total. The van der Waals surface area contributed by atoms with Crippen molar-refractivity contribution in [1.29, 1.82) is 0 Å². The van der Waals surface area contributed by atoms with Crippen LogP contribution in [-0.4, -0.2) is 36.4 Å². The Bertz CT molecular complexity index is 1230. The Labute approximate surface area is 201 Å². The van der Waals surface area contributed by atoms with Crippen LogP contribution in [0.3, 0.4) is 0 Å². The summed E-state index contributed by atoms with van der Waals surface area (Å²) in [4.78, 5) is 30.9. The van der Waals surface area contributed by atoms with E-state index in [1.54, 1.807) is 31.8 Å². The fourth-order valence-electron chi connectivity index (χ4n) is 6.94. The average Bonchev–Trinajstić information content (AvgIpc) is 3.53. The molecular formula is C23H26ClN7O3. The minimum Gasteiger partial charge on any atom is -0.467 e. The first-order valence-electron chi connectivity index (χ1n) is 11.6. The minimum absolute atomic E-state index is 0.0507. The SMILES string of the molecule is Cn1ncc(NC(=O)C23CC4CC(C2)CC(n2cnc(Cl)n2)(C4)C3)c1C(=O)NCc1ccco1. The Balaban J connectivity index is 1.24. The number of nitrogens with zero attached hydrogens (tertiary/aromatic N) is 5. The van der Waals surface area contributed by atoms with Gasteiger partial charge in [-0.15, -0.1) is 5.10 Å². The number of aryl methyl sites for hydroxylation is 1. The van der Waals surface area contributed by atoms with Crippen molar-refractivity contribution in [2.75, 3.05) is 5.32 Å². The number of carbonyl (C=O) groups excluding carboxylic acids is 2. The van der Waals surface area contributed by atoms with Crippen LogP contribution in [0.15, 0.2) is 35.3 Å². The summed E-state index contributed by atoms with van der Waals surface area (Å²) in [6, 6.07) is 3.56. The van der Waals surface area contributed by atoms with Gasteiger partial charge in [0.25, 0.3) is 5.91 Å². The lowest BCUT2D eigenvalue weighted by Gasteiger charge is -2.60. The zero-order valence-electron chi connectivity index (χ0n) is 18.8. The zero-order valence-corrected chi connectivity index (χ0v) is 19.6. The number of hydrogen-bond acceptors (Lipinski definition) is 6. The van der Waals surface area contributed by atoms with Gasteiger partial charge in [-0.25, -0.2) is 9.67 Å². The van der Waals surface area contributed by atoms with Crippen LogP contribution in [0.2, 0.25) is 5.28 Å². The zero-order chi connectivity index (χ0) is 23.5. The van der Waals surface area contributed by atoms with E-state index in [1.165, 1.54) is 10.9 Å². The molecule has 4 bridgehead atoms. The van der Waals surface area contributed by atoms with Gasteiger partial charge >= 0.3 is 0 Å². The highest BCUT2D eigenvalue weighted by molar-refractivity contribution is 6.28. The second-order valence-electron chi connectivity index (χ2n) is 10.2. The van der Waals surface area contributed by atoms with Gasteiger partial charge in [-0.05, 0) is 74.1 Å². The highest BCUT2D eigenvalue weighted by Crippen LogP contribution is 2.64. The quantitative estimate of drug-likeness (QED) is 0.555. The molecule has 4 saturated carbocycles. The predicted molar refractivity (Wildman–Crippen MR) is 122 cm³/mol. The monoisotopic (exact) mass is 483 g/mol. The molecular weight excluding hydrogens is 458 g/mol. The van der Waals surface area contributed by atoms with Crippen molar-refractivity contribution in [1.82, 2.24) is 29.9 Å². The number of hydrogen-bond donors (Lipinski definition) is 2. The van der Waals surface area contributed by atoms with Crippen LogP contribution in [0.5, 0.6) is 0 Å². The molecule has 0 spiro atoms. The van der Waals surface area contributed by atoms with E-state index >= 15 is 0 Å². The van der Waals surface area contributed by atoms with Crippen LogP contribution in [0.1, 0.15) is 54.8 Å². The van der Waals surface area contributed by atoms with Crippen molar-refractivity contribution in [3.8, 4) is 0 Å². The fraction of sp³-hybridized carbons (Fsp3) is 0.522. The van der Waals surface area contributed by atoms with Crippen LogP contribution >= 0.6 is 11.6 Å². The first-order valence-corrected chi connectivity index (χ1v) is 12.0. The van der Waals surface area contributed by atoms with E-state index in [4.69, 9.17) is 16.0 Å². The number of halogens is 1. The molecule has 3 aromatic heterocycles. The van der Waals surface area contributed by atoms with Gasteiger partial charge in [0.1, 0.15) is 17.8 Å². The van der Waals surface area contributed by atoms with Gasteiger partial charge in [-0.1, -0.05) is 0 Å². The summed E-state index contributed by atoms with van der Waals surface area (Å²) in [5.74, 6) is 1.18. The second kappa shape index (κ2) is 7.69. The maximum absolute atomic E-state index is 13.8. The number of carbonyl (C=O) groups is 2. The summed E-state index contributed by atoms with van der Waals surface area (Å²) in [7, 11) is 1.69. The third kappa shape index (κ3) is 3.43. The number of rotatable bonds is 6. The van der Waals surface area contributed by atoms with Crippen LogP contribution in [0.4, 0.5) is 5.69 Å². The molecule has 178 valence electrons. The molecule has 2 N–H and O–H groups in total. The van der Waals surface area contributed by atoms with E-state index in [0.717, 1.165) is 32.1 Å². The molecule has 4 aliphatic carbocycles. The third-order valence-electron chi connectivity index (χ3n) is 7.87. The highest BCUT2D eigenvalue weighted by atomic mass is 35.5. The summed E-state index contributed by atoms with van der Waals surface area (Å²) < 4.78 is 8.66. The van der Waals surface area contributed by atoms with Crippen molar-refractivity contribution >= 4 is 29.1 Å². The topological polar surface area (TPSA) is 120 Å². The van der Waals surface area contributed by atoms with E-state index in [2.05, 4.69) is 25.8 Å². The van der Waals surface area contributed by atoms with Crippen LogP contribution in [-0.2, 0) is 23.9 Å². The lowest BCUT2D eigenvalue weighted by molar-refractivity contribution is -0.150. The molecule has 4 fully saturated rings.